The van der Waals surface area contributed by atoms with Crippen molar-refractivity contribution in [2.75, 3.05) is 23.0 Å². The maximum Gasteiger partial charge on any atom is 0.00734 e. The molecule has 3 heteroatoms. The molecule has 0 N–H and O–H groups in total. The van der Waals surface area contributed by atoms with Crippen molar-refractivity contribution in [3.63, 3.8) is 0 Å². The lowest BCUT2D eigenvalue weighted by molar-refractivity contribution is 0.682. The van der Waals surface area contributed by atoms with Gasteiger partial charge < -0.3 is 0 Å². The van der Waals surface area contributed by atoms with Crippen molar-refractivity contribution in [3.8, 4) is 0 Å². The minimum atomic E-state index is 1.03. The third-order valence-corrected chi connectivity index (χ3v) is 6.34. The molecule has 1 aliphatic heterocycles. The van der Waals surface area contributed by atoms with Crippen LogP contribution in [-0.2, 0) is 0 Å². The van der Waals surface area contributed by atoms with Gasteiger partial charge in [-0.3, -0.25) is 0 Å². The highest BCUT2D eigenvalue weighted by Gasteiger charge is 2.21. The highest BCUT2D eigenvalue weighted by Crippen LogP contribution is 2.38. The Morgan fingerprint density at radius 1 is 1.00 bits per heavy atom. The van der Waals surface area contributed by atoms with E-state index in [1.165, 1.54) is 42.3 Å². The lowest BCUT2D eigenvalue weighted by Crippen LogP contribution is -1.99. The zero-order chi connectivity index (χ0) is 8.23. The van der Waals surface area contributed by atoms with Crippen LogP contribution in [0.2, 0.25) is 0 Å². The zero-order valence-electron chi connectivity index (χ0n) is 7.33. The fraction of sp³-hybridized carbons (Fsp3) is 1.00. The van der Waals surface area contributed by atoms with Crippen LogP contribution < -0.4 is 0 Å². The Labute approximate surface area is 87.4 Å². The molecule has 1 atom stereocenters. The molecule has 1 heterocycles. The Bertz CT molecular complexity index is 128. The topological polar surface area (TPSA) is 0 Å². The average molecular weight is 220 g/mol. The van der Waals surface area contributed by atoms with Crippen LogP contribution in [0.15, 0.2) is 0 Å². The molecule has 0 bridgehead atoms. The van der Waals surface area contributed by atoms with E-state index in [2.05, 4.69) is 33.3 Å². The van der Waals surface area contributed by atoms with E-state index < -0.39 is 0 Å². The fourth-order valence-electron chi connectivity index (χ4n) is 1.29. The quantitative estimate of drug-likeness (QED) is 0.514. The van der Waals surface area contributed by atoms with Crippen LogP contribution in [-0.4, -0.2) is 23.0 Å². The molecule has 0 nitrogen and oxygen atoms in total. The van der Waals surface area contributed by atoms with Crippen molar-refractivity contribution in [2.24, 2.45) is 11.8 Å². The van der Waals surface area contributed by atoms with E-state index in [1.807, 2.05) is 0 Å². The molecule has 0 radical (unpaired) electrons. The summed E-state index contributed by atoms with van der Waals surface area (Å²) in [6.45, 7) is 0. The van der Waals surface area contributed by atoms with Gasteiger partial charge in [0, 0.05) is 11.5 Å². The number of thioether (sulfide) groups is 1. The van der Waals surface area contributed by atoms with Crippen LogP contribution in [0.5, 0.6) is 0 Å². The first-order valence-electron chi connectivity index (χ1n) is 4.77. The molecule has 1 aliphatic carbocycles. The van der Waals surface area contributed by atoms with Crippen LogP contribution in [0.3, 0.4) is 0 Å². The SMILES string of the molecule is C1CC(CSSCC2CC2)CS1. The fourth-order valence-corrected chi connectivity index (χ4v) is 5.65. The van der Waals surface area contributed by atoms with Crippen LogP contribution in [0.4, 0.5) is 0 Å². The van der Waals surface area contributed by atoms with Gasteiger partial charge in [0.1, 0.15) is 0 Å². The smallest absolute Gasteiger partial charge is 0.00734 e. The van der Waals surface area contributed by atoms with Crippen LogP contribution >= 0.6 is 33.3 Å². The summed E-state index contributed by atoms with van der Waals surface area (Å²) in [7, 11) is 4.24. The largest absolute Gasteiger partial charge is 0.162 e. The predicted molar refractivity (Wildman–Crippen MR) is 63.1 cm³/mol. The van der Waals surface area contributed by atoms with Gasteiger partial charge in [0.2, 0.25) is 0 Å². The van der Waals surface area contributed by atoms with E-state index in [0.29, 0.717) is 0 Å². The second-order valence-electron chi connectivity index (χ2n) is 3.74. The van der Waals surface area contributed by atoms with Gasteiger partial charge in [-0.15, -0.1) is 0 Å². The Morgan fingerprint density at radius 2 is 1.75 bits per heavy atom. The summed E-state index contributed by atoms with van der Waals surface area (Å²) in [5, 5.41) is 0. The van der Waals surface area contributed by atoms with Crippen molar-refractivity contribution >= 4 is 33.3 Å². The third kappa shape index (κ3) is 3.43. The first-order chi connectivity index (χ1) is 5.95. The molecule has 2 aliphatic rings. The third-order valence-electron chi connectivity index (χ3n) is 2.41. The summed E-state index contributed by atoms with van der Waals surface area (Å²) in [5.74, 6) is 7.80. The second-order valence-corrected chi connectivity index (χ2v) is 7.44. The molecule has 0 amide bonds. The normalized spacial score (nSPS) is 29.5. The molecular formula is C9H16S3. The average Bonchev–Trinajstić information content (AvgIpc) is 2.76. The van der Waals surface area contributed by atoms with E-state index in [0.717, 1.165) is 11.8 Å². The van der Waals surface area contributed by atoms with Gasteiger partial charge >= 0.3 is 0 Å². The van der Waals surface area contributed by atoms with E-state index in [-0.39, 0.29) is 0 Å². The van der Waals surface area contributed by atoms with Crippen molar-refractivity contribution in [2.45, 2.75) is 19.3 Å². The minimum absolute atomic E-state index is 1.03. The first kappa shape index (κ1) is 9.60. The number of hydrogen-bond acceptors (Lipinski definition) is 3. The van der Waals surface area contributed by atoms with E-state index >= 15 is 0 Å². The van der Waals surface area contributed by atoms with Gasteiger partial charge in [-0.25, -0.2) is 0 Å². The van der Waals surface area contributed by atoms with Crippen molar-refractivity contribution < 1.29 is 0 Å². The summed E-state index contributed by atoms with van der Waals surface area (Å²) in [4.78, 5) is 0. The van der Waals surface area contributed by atoms with Crippen molar-refractivity contribution in [3.05, 3.63) is 0 Å². The highest BCUT2D eigenvalue weighted by molar-refractivity contribution is 8.76. The molecule has 0 aromatic rings. The number of rotatable bonds is 5. The van der Waals surface area contributed by atoms with Gasteiger partial charge in [0.05, 0.1) is 0 Å². The molecule has 70 valence electrons. The van der Waals surface area contributed by atoms with Crippen LogP contribution in [0.1, 0.15) is 19.3 Å². The van der Waals surface area contributed by atoms with Crippen LogP contribution in [0, 0.1) is 11.8 Å². The van der Waals surface area contributed by atoms with Gasteiger partial charge in [-0.2, -0.15) is 11.8 Å². The zero-order valence-corrected chi connectivity index (χ0v) is 9.78. The highest BCUT2D eigenvalue weighted by atomic mass is 33.1. The molecule has 1 saturated heterocycles. The Morgan fingerprint density at radius 3 is 2.33 bits per heavy atom. The molecule has 0 aromatic carbocycles. The summed E-state index contributed by atoms with van der Waals surface area (Å²) in [6, 6.07) is 0. The van der Waals surface area contributed by atoms with E-state index in [1.54, 1.807) is 0 Å². The molecule has 12 heavy (non-hydrogen) atoms. The molecule has 2 rings (SSSR count). The minimum Gasteiger partial charge on any atom is -0.162 e. The first-order valence-corrected chi connectivity index (χ1v) is 8.41. The van der Waals surface area contributed by atoms with Crippen molar-refractivity contribution in [1.82, 2.24) is 0 Å². The summed E-state index contributed by atoms with van der Waals surface area (Å²) < 4.78 is 0. The molecule has 0 spiro atoms. The lowest BCUT2D eigenvalue weighted by Gasteiger charge is -2.05. The Balaban J connectivity index is 1.44. The maximum atomic E-state index is 2.14. The number of hydrogen-bond donors (Lipinski definition) is 0. The summed E-state index contributed by atoms with van der Waals surface area (Å²) >= 11 is 2.14. The van der Waals surface area contributed by atoms with E-state index in [4.69, 9.17) is 0 Å². The summed E-state index contributed by atoms with van der Waals surface area (Å²) in [6.07, 6.45) is 4.49. The second kappa shape index (κ2) is 5.06. The maximum absolute atomic E-state index is 2.14. The van der Waals surface area contributed by atoms with Gasteiger partial charge in [-0.1, -0.05) is 21.6 Å². The molecule has 0 aromatic heterocycles. The van der Waals surface area contributed by atoms with E-state index in [9.17, 15) is 0 Å². The van der Waals surface area contributed by atoms with Gasteiger partial charge in [0.15, 0.2) is 0 Å². The van der Waals surface area contributed by atoms with Gasteiger partial charge in [0.25, 0.3) is 0 Å². The molecular weight excluding hydrogens is 204 g/mol. The van der Waals surface area contributed by atoms with Crippen molar-refractivity contribution in [1.29, 1.82) is 0 Å². The van der Waals surface area contributed by atoms with Crippen LogP contribution in [0.25, 0.3) is 0 Å². The Kier molecular flexibility index (Phi) is 4.05. The standard InChI is InChI=1S/C9H16S3/c1-2-8(1)6-11-12-7-9-3-4-10-5-9/h8-9H,1-7H2. The van der Waals surface area contributed by atoms with Gasteiger partial charge in [-0.05, 0) is 42.6 Å². The summed E-state index contributed by atoms with van der Waals surface area (Å²) in [5.41, 5.74) is 0. The lowest BCUT2D eigenvalue weighted by atomic mass is 10.2. The monoisotopic (exact) mass is 220 g/mol. The Hall–Kier alpha value is 1.05. The molecule has 1 unspecified atom stereocenters. The molecule has 2 fully saturated rings. The molecule has 1 saturated carbocycles. The predicted octanol–water partition coefficient (Wildman–Crippen LogP) is 3.53.